The zero-order valence-corrected chi connectivity index (χ0v) is 10.7. The largest absolute Gasteiger partial charge is 0.486 e. The second-order valence-electron chi connectivity index (χ2n) is 4.65. The van der Waals surface area contributed by atoms with Crippen LogP contribution in [0.5, 0.6) is 5.75 Å². The van der Waals surface area contributed by atoms with Crippen molar-refractivity contribution in [3.63, 3.8) is 0 Å². The number of nitrogen functional groups attached to an aromatic ring is 1. The van der Waals surface area contributed by atoms with Crippen molar-refractivity contribution in [1.82, 2.24) is 14.8 Å². The van der Waals surface area contributed by atoms with Gasteiger partial charge in [0.15, 0.2) is 5.82 Å². The fraction of sp³-hybridized carbons (Fsp3) is 0.385. The summed E-state index contributed by atoms with van der Waals surface area (Å²) in [6, 6.07) is 7.32. The topological polar surface area (TPSA) is 66.0 Å². The molecule has 0 fully saturated rings. The Labute approximate surface area is 107 Å². The lowest BCUT2D eigenvalue weighted by atomic mass is 10.2. The zero-order chi connectivity index (χ0) is 13.0. The minimum absolute atomic E-state index is 0.413. The number of hydrogen-bond donors (Lipinski definition) is 1. The van der Waals surface area contributed by atoms with Crippen molar-refractivity contribution in [2.45, 2.75) is 27.0 Å². The van der Waals surface area contributed by atoms with Crippen molar-refractivity contribution in [1.29, 1.82) is 0 Å². The van der Waals surface area contributed by atoms with E-state index in [9.17, 15) is 0 Å². The lowest BCUT2D eigenvalue weighted by Gasteiger charge is -2.10. The number of benzene rings is 1. The van der Waals surface area contributed by atoms with Gasteiger partial charge in [-0.05, 0) is 30.2 Å². The van der Waals surface area contributed by atoms with Crippen LogP contribution in [0, 0.1) is 5.92 Å². The van der Waals surface area contributed by atoms with E-state index in [1.807, 2.05) is 28.8 Å². The molecule has 5 heteroatoms. The van der Waals surface area contributed by atoms with E-state index >= 15 is 0 Å². The van der Waals surface area contributed by atoms with E-state index in [0.717, 1.165) is 23.8 Å². The summed E-state index contributed by atoms with van der Waals surface area (Å²) in [6.07, 6.45) is 1.74. The van der Waals surface area contributed by atoms with Crippen LogP contribution in [0.4, 0.5) is 5.69 Å². The van der Waals surface area contributed by atoms with Gasteiger partial charge >= 0.3 is 0 Å². The van der Waals surface area contributed by atoms with Gasteiger partial charge in [0.05, 0.1) is 0 Å². The van der Waals surface area contributed by atoms with Crippen molar-refractivity contribution in [2.24, 2.45) is 5.92 Å². The summed E-state index contributed by atoms with van der Waals surface area (Å²) >= 11 is 0. The first-order chi connectivity index (χ1) is 8.65. The van der Waals surface area contributed by atoms with E-state index in [4.69, 9.17) is 10.5 Å². The molecule has 18 heavy (non-hydrogen) atoms. The first-order valence-corrected chi connectivity index (χ1v) is 6.00. The fourth-order valence-electron chi connectivity index (χ4n) is 1.65. The zero-order valence-electron chi connectivity index (χ0n) is 10.7. The molecule has 0 unspecified atom stereocenters. The molecule has 2 aromatic rings. The van der Waals surface area contributed by atoms with Crippen molar-refractivity contribution in [3.05, 3.63) is 36.4 Å². The first kappa shape index (κ1) is 12.4. The van der Waals surface area contributed by atoms with E-state index in [1.54, 1.807) is 6.33 Å². The summed E-state index contributed by atoms with van der Waals surface area (Å²) in [5.41, 5.74) is 6.34. The molecular weight excluding hydrogens is 228 g/mol. The van der Waals surface area contributed by atoms with Crippen LogP contribution in [0.1, 0.15) is 19.7 Å². The van der Waals surface area contributed by atoms with Gasteiger partial charge in [-0.25, -0.2) is 0 Å². The minimum Gasteiger partial charge on any atom is -0.486 e. The van der Waals surface area contributed by atoms with E-state index in [2.05, 4.69) is 24.0 Å². The highest BCUT2D eigenvalue weighted by Crippen LogP contribution is 2.14. The minimum atomic E-state index is 0.413. The molecule has 0 spiro atoms. The molecule has 0 saturated heterocycles. The SMILES string of the molecule is CC(C)Cn1cnnc1COc1ccc(N)cc1. The van der Waals surface area contributed by atoms with Crippen LogP contribution in [-0.2, 0) is 13.2 Å². The maximum Gasteiger partial charge on any atom is 0.170 e. The maximum absolute atomic E-state index is 5.65. The number of ether oxygens (including phenoxy) is 1. The third-order valence-corrected chi connectivity index (χ3v) is 2.51. The quantitative estimate of drug-likeness (QED) is 0.820. The van der Waals surface area contributed by atoms with Crippen LogP contribution in [0.15, 0.2) is 30.6 Å². The molecule has 0 amide bonds. The summed E-state index contributed by atoms with van der Waals surface area (Å²) < 4.78 is 7.66. The van der Waals surface area contributed by atoms with Gasteiger partial charge in [0.2, 0.25) is 0 Å². The van der Waals surface area contributed by atoms with E-state index in [0.29, 0.717) is 12.5 Å². The number of hydrogen-bond acceptors (Lipinski definition) is 4. The summed E-state index contributed by atoms with van der Waals surface area (Å²) in [4.78, 5) is 0. The van der Waals surface area contributed by atoms with Crippen molar-refractivity contribution < 1.29 is 4.74 Å². The van der Waals surface area contributed by atoms with E-state index < -0.39 is 0 Å². The standard InChI is InChI=1S/C13H18N4O/c1-10(2)7-17-9-15-16-13(17)8-18-12-5-3-11(14)4-6-12/h3-6,9-10H,7-8,14H2,1-2H3. The van der Waals surface area contributed by atoms with Gasteiger partial charge in [-0.1, -0.05) is 13.8 Å². The Morgan fingerprint density at radius 3 is 2.67 bits per heavy atom. The van der Waals surface area contributed by atoms with Gasteiger partial charge < -0.3 is 15.0 Å². The van der Waals surface area contributed by atoms with Crippen molar-refractivity contribution in [3.8, 4) is 5.75 Å². The Balaban J connectivity index is 1.97. The van der Waals surface area contributed by atoms with Gasteiger partial charge in [0.1, 0.15) is 18.7 Å². The normalized spacial score (nSPS) is 10.8. The Morgan fingerprint density at radius 1 is 1.28 bits per heavy atom. The second-order valence-corrected chi connectivity index (χ2v) is 4.65. The number of nitrogens with two attached hydrogens (primary N) is 1. The lowest BCUT2D eigenvalue weighted by Crippen LogP contribution is -2.10. The molecular formula is C13H18N4O. The van der Waals surface area contributed by atoms with Gasteiger partial charge in [-0.15, -0.1) is 10.2 Å². The Morgan fingerprint density at radius 2 is 2.00 bits per heavy atom. The molecule has 0 aliphatic rings. The Kier molecular flexibility index (Phi) is 3.82. The first-order valence-electron chi connectivity index (χ1n) is 6.00. The van der Waals surface area contributed by atoms with Crippen LogP contribution >= 0.6 is 0 Å². The van der Waals surface area contributed by atoms with Crippen molar-refractivity contribution in [2.75, 3.05) is 5.73 Å². The summed E-state index contributed by atoms with van der Waals surface area (Å²) in [6.45, 7) is 5.62. The molecule has 0 saturated carbocycles. The van der Waals surface area contributed by atoms with E-state index in [-0.39, 0.29) is 0 Å². The summed E-state index contributed by atoms with van der Waals surface area (Å²) in [5, 5.41) is 7.98. The van der Waals surface area contributed by atoms with Gasteiger partial charge in [0, 0.05) is 12.2 Å². The third kappa shape index (κ3) is 3.23. The van der Waals surface area contributed by atoms with Crippen molar-refractivity contribution >= 4 is 5.69 Å². The number of anilines is 1. The molecule has 1 aromatic carbocycles. The molecule has 5 nitrogen and oxygen atoms in total. The average Bonchev–Trinajstić information content (AvgIpc) is 2.75. The number of nitrogens with zero attached hydrogens (tertiary/aromatic N) is 3. The van der Waals surface area contributed by atoms with Gasteiger partial charge in [-0.3, -0.25) is 0 Å². The number of rotatable bonds is 5. The van der Waals surface area contributed by atoms with Crippen LogP contribution in [0.2, 0.25) is 0 Å². The van der Waals surface area contributed by atoms with Gasteiger partial charge in [0.25, 0.3) is 0 Å². The molecule has 0 atom stereocenters. The molecule has 0 bridgehead atoms. The summed E-state index contributed by atoms with van der Waals surface area (Å²) in [5.74, 6) is 2.17. The molecule has 0 aliphatic carbocycles. The maximum atomic E-state index is 5.65. The van der Waals surface area contributed by atoms with Crippen LogP contribution in [-0.4, -0.2) is 14.8 Å². The Bertz CT molecular complexity index is 490. The molecule has 2 rings (SSSR count). The van der Waals surface area contributed by atoms with Crippen LogP contribution in [0.25, 0.3) is 0 Å². The molecule has 1 heterocycles. The fourth-order valence-corrected chi connectivity index (χ4v) is 1.65. The molecule has 2 N–H and O–H groups in total. The van der Waals surface area contributed by atoms with E-state index in [1.165, 1.54) is 0 Å². The predicted molar refractivity (Wildman–Crippen MR) is 70.0 cm³/mol. The average molecular weight is 246 g/mol. The second kappa shape index (κ2) is 5.53. The molecule has 96 valence electrons. The highest BCUT2D eigenvalue weighted by atomic mass is 16.5. The highest BCUT2D eigenvalue weighted by Gasteiger charge is 2.06. The Hall–Kier alpha value is -2.04. The van der Waals surface area contributed by atoms with Gasteiger partial charge in [-0.2, -0.15) is 0 Å². The third-order valence-electron chi connectivity index (χ3n) is 2.51. The molecule has 1 aromatic heterocycles. The number of aromatic nitrogens is 3. The summed E-state index contributed by atoms with van der Waals surface area (Å²) in [7, 11) is 0. The van der Waals surface area contributed by atoms with Crippen LogP contribution < -0.4 is 10.5 Å². The predicted octanol–water partition coefficient (Wildman–Crippen LogP) is 2.10. The molecule has 0 aliphatic heterocycles. The monoisotopic (exact) mass is 246 g/mol. The highest BCUT2D eigenvalue weighted by molar-refractivity contribution is 5.41. The lowest BCUT2D eigenvalue weighted by molar-refractivity contribution is 0.286. The van der Waals surface area contributed by atoms with Crippen LogP contribution in [0.3, 0.4) is 0 Å². The molecule has 0 radical (unpaired) electrons. The smallest absolute Gasteiger partial charge is 0.170 e.